The number of anilines is 1. The van der Waals surface area contributed by atoms with Gasteiger partial charge in [-0.15, -0.1) is 0 Å². The highest BCUT2D eigenvalue weighted by Crippen LogP contribution is 2.34. The third-order valence-corrected chi connectivity index (χ3v) is 7.88. The van der Waals surface area contributed by atoms with E-state index in [1.165, 1.54) is 12.3 Å². The number of benzene rings is 2. The fourth-order valence-corrected chi connectivity index (χ4v) is 4.84. The molecule has 0 fully saturated rings. The molecule has 0 spiro atoms. The maximum atomic E-state index is 12.7. The summed E-state index contributed by atoms with van der Waals surface area (Å²) in [6.45, 7) is 0. The Morgan fingerprint density at radius 1 is 1.19 bits per heavy atom. The summed E-state index contributed by atoms with van der Waals surface area (Å²) in [5, 5.41) is 13.0. The van der Waals surface area contributed by atoms with Crippen molar-refractivity contribution in [3.05, 3.63) is 51.5 Å². The molecule has 0 aliphatic carbocycles. The topological polar surface area (TPSA) is 141 Å². The lowest BCUT2D eigenvalue weighted by atomic mass is 10.3. The van der Waals surface area contributed by atoms with Crippen LogP contribution >= 0.6 is 11.6 Å². The van der Waals surface area contributed by atoms with E-state index in [-0.39, 0.29) is 14.8 Å². The normalized spacial score (nSPS) is 13.9. The van der Waals surface area contributed by atoms with Crippen molar-refractivity contribution < 1.29 is 39.7 Å². The number of nitro groups is 1. The minimum atomic E-state index is -5.71. The van der Waals surface area contributed by atoms with Gasteiger partial charge in [0.05, 0.1) is 42.1 Å². The SMILES string of the molecule is CS(=O)c1ccc(S(=O)CC(=O)Nc2cc(S(=O)(=O)C(F)(F)F)ccc2Cl)c([N+](=O)[O-])c1. The van der Waals surface area contributed by atoms with Crippen LogP contribution in [0.5, 0.6) is 0 Å². The van der Waals surface area contributed by atoms with E-state index >= 15 is 0 Å². The van der Waals surface area contributed by atoms with Crippen LogP contribution in [0.3, 0.4) is 0 Å². The molecule has 9 nitrogen and oxygen atoms in total. The molecular formula is C16H12ClF3N2O7S3. The van der Waals surface area contributed by atoms with Crippen LogP contribution in [0.15, 0.2) is 51.1 Å². The predicted octanol–water partition coefficient (Wildman–Crippen LogP) is 3.03. The van der Waals surface area contributed by atoms with Crippen LogP contribution in [-0.2, 0) is 36.2 Å². The standard InChI is InChI=1S/C16H12ClF3N2O7S3/c1-30(26)9-2-5-14(13(6-9)22(24)25)31(27)8-15(23)21-12-7-10(3-4-11(12)17)32(28,29)16(18,19)20/h2-7H,8H2,1H3,(H,21,23). The van der Waals surface area contributed by atoms with Gasteiger partial charge < -0.3 is 5.32 Å². The van der Waals surface area contributed by atoms with E-state index in [9.17, 15) is 44.9 Å². The smallest absolute Gasteiger partial charge is 0.324 e. The fourth-order valence-electron chi connectivity index (χ4n) is 2.30. The largest absolute Gasteiger partial charge is 0.501 e. The van der Waals surface area contributed by atoms with Gasteiger partial charge in [-0.2, -0.15) is 13.2 Å². The van der Waals surface area contributed by atoms with Crippen LogP contribution in [0.2, 0.25) is 5.02 Å². The summed E-state index contributed by atoms with van der Waals surface area (Å²) in [7, 11) is -9.55. The molecule has 0 aliphatic heterocycles. The maximum absolute atomic E-state index is 12.7. The molecule has 2 aromatic rings. The molecule has 1 N–H and O–H groups in total. The summed E-state index contributed by atoms with van der Waals surface area (Å²) in [6.07, 6.45) is 1.28. The Balaban J connectivity index is 2.29. The Bertz CT molecular complexity index is 1250. The summed E-state index contributed by atoms with van der Waals surface area (Å²) in [5.41, 5.74) is -6.72. The van der Waals surface area contributed by atoms with E-state index < -0.39 is 69.8 Å². The van der Waals surface area contributed by atoms with Gasteiger partial charge in [-0.05, 0) is 30.3 Å². The third kappa shape index (κ3) is 5.70. The average molecular weight is 533 g/mol. The summed E-state index contributed by atoms with van der Waals surface area (Å²) >= 11 is 5.79. The molecule has 0 saturated heterocycles. The maximum Gasteiger partial charge on any atom is 0.501 e. The first-order valence-electron chi connectivity index (χ1n) is 8.06. The van der Waals surface area contributed by atoms with Crippen LogP contribution < -0.4 is 5.32 Å². The van der Waals surface area contributed by atoms with E-state index in [0.29, 0.717) is 12.1 Å². The lowest BCUT2D eigenvalue weighted by Crippen LogP contribution is -2.24. The van der Waals surface area contributed by atoms with Gasteiger partial charge in [-0.1, -0.05) is 11.6 Å². The molecular weight excluding hydrogens is 521 g/mol. The van der Waals surface area contributed by atoms with Crippen LogP contribution in [-0.4, -0.2) is 45.2 Å². The first-order chi connectivity index (χ1) is 14.6. The second kappa shape index (κ2) is 9.64. The van der Waals surface area contributed by atoms with E-state index in [2.05, 4.69) is 0 Å². The number of hydrogen-bond acceptors (Lipinski definition) is 7. The second-order valence-electron chi connectivity index (χ2n) is 5.97. The Hall–Kier alpha value is -2.36. The molecule has 2 aromatic carbocycles. The average Bonchev–Trinajstić information content (AvgIpc) is 2.67. The van der Waals surface area contributed by atoms with Crippen LogP contribution in [0.1, 0.15) is 0 Å². The minimum Gasteiger partial charge on any atom is -0.324 e. The molecule has 0 saturated carbocycles. The van der Waals surface area contributed by atoms with Crippen molar-refractivity contribution in [1.82, 2.24) is 0 Å². The number of nitro benzene ring substituents is 1. The molecule has 2 rings (SSSR count). The number of halogens is 4. The van der Waals surface area contributed by atoms with Crippen LogP contribution in [0.4, 0.5) is 24.5 Å². The van der Waals surface area contributed by atoms with Crippen molar-refractivity contribution in [3.63, 3.8) is 0 Å². The number of carbonyl (C=O) groups is 1. The summed E-state index contributed by atoms with van der Waals surface area (Å²) in [5.74, 6) is -1.92. The zero-order chi connectivity index (χ0) is 24.4. The molecule has 1 amide bonds. The van der Waals surface area contributed by atoms with Crippen molar-refractivity contribution in [3.8, 4) is 0 Å². The number of nitrogens with one attached hydrogen (secondary N) is 1. The molecule has 16 heteroatoms. The van der Waals surface area contributed by atoms with Gasteiger partial charge in [0, 0.05) is 17.2 Å². The first kappa shape index (κ1) is 25.9. The Morgan fingerprint density at radius 3 is 2.34 bits per heavy atom. The molecule has 0 radical (unpaired) electrons. The highest BCUT2D eigenvalue weighted by molar-refractivity contribution is 7.92. The molecule has 2 unspecified atom stereocenters. The number of hydrogen-bond donors (Lipinski definition) is 1. The van der Waals surface area contributed by atoms with E-state index in [0.717, 1.165) is 18.2 Å². The number of nitrogens with zero attached hydrogens (tertiary/aromatic N) is 1. The van der Waals surface area contributed by atoms with Crippen molar-refractivity contribution in [1.29, 1.82) is 0 Å². The van der Waals surface area contributed by atoms with Crippen LogP contribution in [0, 0.1) is 10.1 Å². The van der Waals surface area contributed by atoms with Crippen molar-refractivity contribution in [2.45, 2.75) is 20.2 Å². The molecule has 32 heavy (non-hydrogen) atoms. The Kier molecular flexibility index (Phi) is 7.80. The van der Waals surface area contributed by atoms with E-state index in [1.807, 2.05) is 5.32 Å². The summed E-state index contributed by atoms with van der Waals surface area (Å²) < 4.78 is 85.2. The zero-order valence-electron chi connectivity index (χ0n) is 15.7. The number of carbonyl (C=O) groups excluding carboxylic acids is 1. The quantitative estimate of drug-likeness (QED) is 0.427. The number of sulfone groups is 1. The van der Waals surface area contributed by atoms with Crippen LogP contribution in [0.25, 0.3) is 0 Å². The first-order valence-corrected chi connectivity index (χ1v) is 12.8. The summed E-state index contributed by atoms with van der Waals surface area (Å²) in [6, 6.07) is 5.16. The lowest BCUT2D eigenvalue weighted by molar-refractivity contribution is -0.388. The monoisotopic (exact) mass is 532 g/mol. The second-order valence-corrected chi connectivity index (χ2v) is 11.1. The van der Waals surface area contributed by atoms with Crippen molar-refractivity contribution in [2.24, 2.45) is 0 Å². The van der Waals surface area contributed by atoms with Gasteiger partial charge in [0.25, 0.3) is 15.5 Å². The summed E-state index contributed by atoms with van der Waals surface area (Å²) in [4.78, 5) is 21.1. The minimum absolute atomic E-state index is 0.0939. The molecule has 0 heterocycles. The van der Waals surface area contributed by atoms with E-state index in [1.54, 1.807) is 0 Å². The Morgan fingerprint density at radius 2 is 1.81 bits per heavy atom. The number of rotatable bonds is 7. The van der Waals surface area contributed by atoms with Gasteiger partial charge >= 0.3 is 5.51 Å². The fraction of sp³-hybridized carbons (Fsp3) is 0.188. The van der Waals surface area contributed by atoms with E-state index in [4.69, 9.17) is 11.6 Å². The molecule has 0 bridgehead atoms. The molecule has 174 valence electrons. The van der Waals surface area contributed by atoms with Gasteiger partial charge in [-0.3, -0.25) is 23.3 Å². The van der Waals surface area contributed by atoms with Gasteiger partial charge in [0.1, 0.15) is 10.6 Å². The lowest BCUT2D eigenvalue weighted by Gasteiger charge is -2.12. The molecule has 2 atom stereocenters. The van der Waals surface area contributed by atoms with Crippen molar-refractivity contribution in [2.75, 3.05) is 17.3 Å². The van der Waals surface area contributed by atoms with Crippen molar-refractivity contribution >= 4 is 60.3 Å². The number of amides is 1. The van der Waals surface area contributed by atoms with Gasteiger partial charge in [0.2, 0.25) is 5.91 Å². The van der Waals surface area contributed by atoms with Gasteiger partial charge in [-0.25, -0.2) is 8.42 Å². The Labute approximate surface area is 188 Å². The highest BCUT2D eigenvalue weighted by atomic mass is 35.5. The third-order valence-electron chi connectivity index (χ3n) is 3.79. The number of alkyl halides is 3. The zero-order valence-corrected chi connectivity index (χ0v) is 18.9. The molecule has 0 aromatic heterocycles. The highest BCUT2D eigenvalue weighted by Gasteiger charge is 2.47. The molecule has 0 aliphatic rings. The predicted molar refractivity (Wildman–Crippen MR) is 110 cm³/mol. The van der Waals surface area contributed by atoms with Gasteiger partial charge in [0.15, 0.2) is 0 Å².